The van der Waals surface area contributed by atoms with Crippen molar-refractivity contribution in [2.24, 2.45) is 0 Å². The molecule has 0 spiro atoms. The first-order valence-corrected chi connectivity index (χ1v) is 7.90. The molecule has 0 radical (unpaired) electrons. The highest BCUT2D eigenvalue weighted by molar-refractivity contribution is 5.93. The number of fused-ring (bicyclic) bond motifs is 1. The minimum atomic E-state index is -0.0893. The molecule has 0 saturated heterocycles. The largest absolute Gasteiger partial charge is 0.352 e. The Morgan fingerprint density at radius 1 is 1.26 bits per heavy atom. The first-order chi connectivity index (χ1) is 11.3. The van der Waals surface area contributed by atoms with E-state index < -0.39 is 0 Å². The number of hydrogen-bond donors (Lipinski definition) is 1. The van der Waals surface area contributed by atoms with Gasteiger partial charge >= 0.3 is 0 Å². The molecule has 0 aromatic carbocycles. The van der Waals surface area contributed by atoms with Crippen LogP contribution in [0.2, 0.25) is 0 Å². The van der Waals surface area contributed by atoms with Crippen molar-refractivity contribution in [3.63, 3.8) is 0 Å². The van der Waals surface area contributed by atoms with Crippen molar-refractivity contribution in [2.75, 3.05) is 6.54 Å². The summed E-state index contributed by atoms with van der Waals surface area (Å²) in [5.41, 5.74) is 2.82. The van der Waals surface area contributed by atoms with Crippen LogP contribution < -0.4 is 5.32 Å². The number of amides is 1. The molecule has 23 heavy (non-hydrogen) atoms. The fourth-order valence-corrected chi connectivity index (χ4v) is 2.72. The number of rotatable bonds is 6. The number of hydrogen-bond acceptors (Lipinski definition) is 3. The molecule has 5 heteroatoms. The minimum absolute atomic E-state index is 0.0893. The summed E-state index contributed by atoms with van der Waals surface area (Å²) in [6, 6.07) is 7.57. The molecule has 5 nitrogen and oxygen atoms in total. The van der Waals surface area contributed by atoms with Crippen molar-refractivity contribution in [1.82, 2.24) is 19.9 Å². The first-order valence-electron chi connectivity index (χ1n) is 7.90. The van der Waals surface area contributed by atoms with E-state index in [1.165, 1.54) is 5.56 Å². The average molecular weight is 308 g/mol. The van der Waals surface area contributed by atoms with Crippen molar-refractivity contribution in [3.8, 4) is 0 Å². The molecule has 3 heterocycles. The zero-order chi connectivity index (χ0) is 16.1. The molecule has 0 aliphatic carbocycles. The Morgan fingerprint density at radius 2 is 2.13 bits per heavy atom. The second kappa shape index (κ2) is 7.05. The topological polar surface area (TPSA) is 59.8 Å². The van der Waals surface area contributed by atoms with Crippen molar-refractivity contribution in [2.45, 2.75) is 26.3 Å². The lowest BCUT2D eigenvalue weighted by atomic mass is 10.1. The molecule has 3 rings (SSSR count). The van der Waals surface area contributed by atoms with Gasteiger partial charge in [0, 0.05) is 43.3 Å². The number of carbonyl (C=O) groups excluding carboxylic acids is 1. The van der Waals surface area contributed by atoms with Crippen molar-refractivity contribution < 1.29 is 4.79 Å². The predicted octanol–water partition coefficient (Wildman–Crippen LogP) is 2.81. The third-order valence-corrected chi connectivity index (χ3v) is 3.78. The maximum absolute atomic E-state index is 12.0. The van der Waals surface area contributed by atoms with Crippen LogP contribution in [-0.4, -0.2) is 27.0 Å². The third-order valence-electron chi connectivity index (χ3n) is 3.78. The van der Waals surface area contributed by atoms with Gasteiger partial charge in [-0.15, -0.1) is 0 Å². The van der Waals surface area contributed by atoms with E-state index in [0.717, 1.165) is 30.4 Å². The van der Waals surface area contributed by atoms with Gasteiger partial charge < -0.3 is 9.88 Å². The van der Waals surface area contributed by atoms with Gasteiger partial charge in [-0.3, -0.25) is 9.78 Å². The molecule has 3 aromatic heterocycles. The van der Waals surface area contributed by atoms with Crippen LogP contribution >= 0.6 is 0 Å². The summed E-state index contributed by atoms with van der Waals surface area (Å²) < 4.78 is 2.19. The molecule has 1 N–H and O–H groups in total. The van der Waals surface area contributed by atoms with Crippen LogP contribution in [0.15, 0.2) is 49.1 Å². The Labute approximate surface area is 135 Å². The lowest BCUT2D eigenvalue weighted by Gasteiger charge is -2.04. The van der Waals surface area contributed by atoms with Crippen molar-refractivity contribution in [3.05, 3.63) is 60.2 Å². The molecule has 3 aromatic rings. The van der Waals surface area contributed by atoms with Gasteiger partial charge in [-0.1, -0.05) is 6.92 Å². The molecule has 118 valence electrons. The molecule has 0 aliphatic rings. The maximum Gasteiger partial charge on any atom is 0.252 e. The van der Waals surface area contributed by atoms with Gasteiger partial charge in [0.15, 0.2) is 0 Å². The van der Waals surface area contributed by atoms with Gasteiger partial charge in [-0.05, 0) is 42.7 Å². The Bertz CT molecular complexity index is 795. The molecular weight excluding hydrogens is 288 g/mol. The summed E-state index contributed by atoms with van der Waals surface area (Å²) in [5, 5.41) is 4.11. The van der Waals surface area contributed by atoms with Gasteiger partial charge in [0.05, 0.1) is 5.56 Å². The van der Waals surface area contributed by atoms with Gasteiger partial charge in [-0.2, -0.15) is 0 Å². The zero-order valence-electron chi connectivity index (χ0n) is 13.2. The number of nitrogens with zero attached hydrogens (tertiary/aromatic N) is 3. The summed E-state index contributed by atoms with van der Waals surface area (Å²) >= 11 is 0. The molecule has 0 aliphatic heterocycles. The lowest BCUT2D eigenvalue weighted by molar-refractivity contribution is 0.0954. The summed E-state index contributed by atoms with van der Waals surface area (Å²) in [7, 11) is 0. The second-order valence-corrected chi connectivity index (χ2v) is 5.47. The van der Waals surface area contributed by atoms with E-state index in [2.05, 4.69) is 39.0 Å². The summed E-state index contributed by atoms with van der Waals surface area (Å²) in [6.45, 7) is 3.70. The van der Waals surface area contributed by atoms with Gasteiger partial charge in [-0.25, -0.2) is 4.98 Å². The molecular formula is C18H20N4O. The van der Waals surface area contributed by atoms with Crippen LogP contribution in [0.5, 0.6) is 0 Å². The van der Waals surface area contributed by atoms with Crippen LogP contribution in [0.3, 0.4) is 0 Å². The van der Waals surface area contributed by atoms with E-state index in [1.807, 2.05) is 12.3 Å². The fraction of sp³-hybridized carbons (Fsp3) is 0.278. The predicted molar refractivity (Wildman–Crippen MR) is 90.3 cm³/mol. The molecule has 0 bridgehead atoms. The summed E-state index contributed by atoms with van der Waals surface area (Å²) in [6.07, 6.45) is 9.06. The van der Waals surface area contributed by atoms with E-state index in [9.17, 15) is 4.79 Å². The van der Waals surface area contributed by atoms with Crippen LogP contribution in [0.1, 0.15) is 29.3 Å². The average Bonchev–Trinajstić information content (AvgIpc) is 2.94. The standard InChI is InChI=1S/C18H20N4O/c1-2-11-22-13-15(16-6-4-9-20-17(16)22)7-10-21-18(23)14-5-3-8-19-12-14/h3-6,8-9,12-13H,2,7,10-11H2,1H3,(H,21,23). The van der Waals surface area contributed by atoms with Crippen LogP contribution in [0.4, 0.5) is 0 Å². The number of nitrogens with one attached hydrogen (secondary N) is 1. The van der Waals surface area contributed by atoms with E-state index >= 15 is 0 Å². The smallest absolute Gasteiger partial charge is 0.252 e. The van der Waals surface area contributed by atoms with E-state index in [0.29, 0.717) is 12.1 Å². The second-order valence-electron chi connectivity index (χ2n) is 5.47. The van der Waals surface area contributed by atoms with Crippen molar-refractivity contribution in [1.29, 1.82) is 0 Å². The highest BCUT2D eigenvalue weighted by Crippen LogP contribution is 2.20. The van der Waals surface area contributed by atoms with Gasteiger partial charge in [0.25, 0.3) is 5.91 Å². The fourth-order valence-electron chi connectivity index (χ4n) is 2.72. The van der Waals surface area contributed by atoms with Crippen LogP contribution in [0.25, 0.3) is 11.0 Å². The highest BCUT2D eigenvalue weighted by atomic mass is 16.1. The quantitative estimate of drug-likeness (QED) is 0.762. The highest BCUT2D eigenvalue weighted by Gasteiger charge is 2.10. The minimum Gasteiger partial charge on any atom is -0.352 e. The molecule has 0 atom stereocenters. The molecule has 0 saturated carbocycles. The molecule has 0 fully saturated rings. The Morgan fingerprint density at radius 3 is 2.91 bits per heavy atom. The number of pyridine rings is 2. The van der Waals surface area contributed by atoms with Crippen LogP contribution in [0, 0.1) is 0 Å². The number of aromatic nitrogens is 3. The number of aryl methyl sites for hydroxylation is 1. The maximum atomic E-state index is 12.0. The van der Waals surface area contributed by atoms with Crippen molar-refractivity contribution >= 4 is 16.9 Å². The SMILES string of the molecule is CCCn1cc(CCNC(=O)c2cccnc2)c2cccnc21. The monoisotopic (exact) mass is 308 g/mol. The number of carbonyl (C=O) groups is 1. The molecule has 1 amide bonds. The van der Waals surface area contributed by atoms with E-state index in [4.69, 9.17) is 0 Å². The zero-order valence-corrected chi connectivity index (χ0v) is 13.2. The normalized spacial score (nSPS) is 10.8. The Kier molecular flexibility index (Phi) is 4.66. The summed E-state index contributed by atoms with van der Waals surface area (Å²) in [4.78, 5) is 20.5. The van der Waals surface area contributed by atoms with Gasteiger partial charge in [0.2, 0.25) is 0 Å². The third kappa shape index (κ3) is 3.39. The summed E-state index contributed by atoms with van der Waals surface area (Å²) in [5.74, 6) is -0.0893. The van der Waals surface area contributed by atoms with E-state index in [-0.39, 0.29) is 5.91 Å². The lowest BCUT2D eigenvalue weighted by Crippen LogP contribution is -2.25. The molecule has 0 unspecified atom stereocenters. The Hall–Kier alpha value is -2.69. The van der Waals surface area contributed by atoms with Gasteiger partial charge in [0.1, 0.15) is 5.65 Å². The van der Waals surface area contributed by atoms with Crippen LogP contribution in [-0.2, 0) is 13.0 Å². The van der Waals surface area contributed by atoms with E-state index in [1.54, 1.807) is 24.5 Å². The Balaban J connectivity index is 1.69. The first kappa shape index (κ1) is 15.2.